The van der Waals surface area contributed by atoms with Crippen LogP contribution in [0.3, 0.4) is 0 Å². The van der Waals surface area contributed by atoms with Crippen LogP contribution in [0.4, 0.5) is 17.1 Å². The summed E-state index contributed by atoms with van der Waals surface area (Å²) in [6, 6.07) is 115. The van der Waals surface area contributed by atoms with Gasteiger partial charge < -0.3 is 4.90 Å². The molecular weight excluding hydrogens is 991 g/mol. The van der Waals surface area contributed by atoms with Crippen molar-refractivity contribution < 1.29 is 0 Å². The van der Waals surface area contributed by atoms with Crippen molar-refractivity contribution in [3.05, 3.63) is 354 Å². The quantitative estimate of drug-likeness (QED) is 0.151. The molecule has 3 aliphatic rings. The summed E-state index contributed by atoms with van der Waals surface area (Å²) >= 11 is 0. The van der Waals surface area contributed by atoms with Crippen molar-refractivity contribution in [1.82, 2.24) is 9.61 Å². The minimum absolute atomic E-state index is 0.534. The Labute approximate surface area is 477 Å². The summed E-state index contributed by atoms with van der Waals surface area (Å²) in [7, 11) is 0. The van der Waals surface area contributed by atoms with Crippen LogP contribution in [0.2, 0.25) is 0 Å². The Hall–Kier alpha value is -10.6. The Morgan fingerprint density at radius 1 is 0.305 bits per heavy atom. The van der Waals surface area contributed by atoms with Crippen LogP contribution in [0.1, 0.15) is 44.5 Å². The van der Waals surface area contributed by atoms with Gasteiger partial charge in [0.1, 0.15) is 5.69 Å². The number of nitrogens with zero attached hydrogens (tertiary/aromatic N) is 3. The highest BCUT2D eigenvalue weighted by Gasteiger charge is 2.52. The summed E-state index contributed by atoms with van der Waals surface area (Å²) in [6.45, 7) is 0. The predicted octanol–water partition coefficient (Wildman–Crippen LogP) is 19.7. The molecule has 0 radical (unpaired) electrons. The lowest BCUT2D eigenvalue weighted by Crippen LogP contribution is -2.28. The van der Waals surface area contributed by atoms with Gasteiger partial charge in [-0.15, -0.1) is 0 Å². The van der Waals surface area contributed by atoms with E-state index in [-0.39, 0.29) is 0 Å². The number of rotatable bonds is 8. The van der Waals surface area contributed by atoms with E-state index < -0.39 is 10.8 Å². The largest absolute Gasteiger partial charge is 0.310 e. The second-order valence-electron chi connectivity index (χ2n) is 22.1. The molecule has 0 fully saturated rings. The van der Waals surface area contributed by atoms with Gasteiger partial charge in [0.05, 0.1) is 27.7 Å². The molecule has 0 N–H and O–H groups in total. The Balaban J connectivity index is 0.985. The minimum Gasteiger partial charge on any atom is -0.310 e. The molecule has 0 saturated heterocycles. The summed E-state index contributed by atoms with van der Waals surface area (Å²) in [5, 5.41) is 7.82. The molecule has 0 aliphatic heterocycles. The average molecular weight is 1040 g/mol. The number of hydrogen-bond donors (Lipinski definition) is 0. The van der Waals surface area contributed by atoms with Gasteiger partial charge in [-0.2, -0.15) is 5.10 Å². The van der Waals surface area contributed by atoms with Gasteiger partial charge in [-0.05, 0) is 120 Å². The fraction of sp³-hybridized carbons (Fsp3) is 0.0253. The summed E-state index contributed by atoms with van der Waals surface area (Å²) in [5.41, 5.74) is 27.4. The Morgan fingerprint density at radius 2 is 0.756 bits per heavy atom. The van der Waals surface area contributed by atoms with Gasteiger partial charge in [-0.3, -0.25) is 0 Å². The van der Waals surface area contributed by atoms with Crippen molar-refractivity contribution in [2.24, 2.45) is 0 Å². The van der Waals surface area contributed by atoms with E-state index in [1.807, 2.05) is 0 Å². The van der Waals surface area contributed by atoms with Gasteiger partial charge >= 0.3 is 0 Å². The lowest BCUT2D eigenvalue weighted by molar-refractivity contribution is 0.768. The van der Waals surface area contributed by atoms with Crippen LogP contribution < -0.4 is 4.90 Å². The first-order valence-electron chi connectivity index (χ1n) is 28.5. The van der Waals surface area contributed by atoms with Gasteiger partial charge in [0.15, 0.2) is 0 Å². The molecule has 3 aliphatic carbocycles. The molecule has 12 aromatic carbocycles. The van der Waals surface area contributed by atoms with Crippen LogP contribution in [0.5, 0.6) is 0 Å². The zero-order valence-electron chi connectivity index (χ0n) is 44.8. The molecule has 82 heavy (non-hydrogen) atoms. The molecule has 1 spiro atoms. The SMILES string of the molecule is c1ccc(-c2nn3c(-c4ccccc4)cc4cc(N(c5ccc6c(c5)C5(c7ccccc7-c7ccccc75)c5ccccc5-6)c5cccc6c5-c5ccccc5C6(c5ccccc5)c5ccccc5)ccc4c3c2-c2ccccc2)cc1. The molecular formula is C79H51N3. The van der Waals surface area contributed by atoms with Crippen LogP contribution in [-0.2, 0) is 10.8 Å². The normalized spacial score (nSPS) is 13.6. The molecule has 0 bridgehead atoms. The minimum atomic E-state index is -0.594. The number of pyridine rings is 1. The Kier molecular flexibility index (Phi) is 10.1. The number of benzene rings is 12. The second kappa shape index (κ2) is 18.0. The summed E-state index contributed by atoms with van der Waals surface area (Å²) < 4.78 is 2.20. The van der Waals surface area contributed by atoms with Gasteiger partial charge in [-0.25, -0.2) is 4.52 Å². The number of aromatic nitrogens is 2. The van der Waals surface area contributed by atoms with Crippen molar-refractivity contribution in [2.45, 2.75) is 10.8 Å². The maximum Gasteiger partial charge on any atom is 0.101 e. The van der Waals surface area contributed by atoms with Crippen LogP contribution in [0, 0.1) is 0 Å². The van der Waals surface area contributed by atoms with Gasteiger partial charge in [0, 0.05) is 39.0 Å². The molecule has 3 nitrogen and oxygen atoms in total. The van der Waals surface area contributed by atoms with E-state index >= 15 is 0 Å². The van der Waals surface area contributed by atoms with Crippen molar-refractivity contribution in [2.75, 3.05) is 4.90 Å². The monoisotopic (exact) mass is 1040 g/mol. The van der Waals surface area contributed by atoms with Crippen LogP contribution in [0.15, 0.2) is 309 Å². The molecule has 382 valence electrons. The van der Waals surface area contributed by atoms with E-state index in [9.17, 15) is 0 Å². The van der Waals surface area contributed by atoms with E-state index in [4.69, 9.17) is 5.10 Å². The highest BCUT2D eigenvalue weighted by molar-refractivity contribution is 6.10. The van der Waals surface area contributed by atoms with Crippen molar-refractivity contribution in [3.8, 4) is 67.0 Å². The molecule has 0 saturated carbocycles. The van der Waals surface area contributed by atoms with E-state index in [0.717, 1.165) is 67.0 Å². The third kappa shape index (κ3) is 6.39. The molecule has 14 aromatic rings. The zero-order valence-corrected chi connectivity index (χ0v) is 44.8. The lowest BCUT2D eigenvalue weighted by atomic mass is 9.68. The number of anilines is 3. The van der Waals surface area contributed by atoms with Crippen molar-refractivity contribution >= 4 is 33.4 Å². The first kappa shape index (κ1) is 46.3. The standard InChI is InChI=1S/C79H51N3/c1-6-25-52(26-7-1)73-50-55-49-58(45-47-60(55)77-74(53-27-8-2-9-28-53)76(80-82(73)77)54-29-10-3-11-30-54)81(72-44-24-43-70-75(72)65-38-19-23-42-69(65)78(70,56-31-12-4-13-32-56)57-33-14-5-15-34-57)59-46-48-64-63-37-18-22-41-68(63)79(71(64)51-59)66-39-20-16-35-61(66)62-36-17-21-40-67(62)79/h1-51H. The van der Waals surface area contributed by atoms with Crippen LogP contribution in [0.25, 0.3) is 83.3 Å². The Bertz CT molecular complexity index is 4750. The fourth-order valence-corrected chi connectivity index (χ4v) is 14.9. The van der Waals surface area contributed by atoms with E-state index in [2.05, 4.69) is 319 Å². The van der Waals surface area contributed by atoms with E-state index in [0.29, 0.717) is 0 Å². The summed E-state index contributed by atoms with van der Waals surface area (Å²) in [4.78, 5) is 2.57. The highest BCUT2D eigenvalue weighted by atomic mass is 15.2. The van der Waals surface area contributed by atoms with Crippen LogP contribution in [-0.4, -0.2) is 9.61 Å². The van der Waals surface area contributed by atoms with Gasteiger partial charge in [0.25, 0.3) is 0 Å². The topological polar surface area (TPSA) is 20.5 Å². The zero-order chi connectivity index (χ0) is 53.9. The third-order valence-electron chi connectivity index (χ3n) is 18.1. The Morgan fingerprint density at radius 3 is 1.34 bits per heavy atom. The van der Waals surface area contributed by atoms with Gasteiger partial charge in [0.2, 0.25) is 0 Å². The third-order valence-corrected chi connectivity index (χ3v) is 18.1. The molecule has 17 rings (SSSR count). The van der Waals surface area contributed by atoms with Crippen molar-refractivity contribution in [1.29, 1.82) is 0 Å². The molecule has 2 heterocycles. The number of fused-ring (bicyclic) bond motifs is 16. The summed E-state index contributed by atoms with van der Waals surface area (Å²) in [6.07, 6.45) is 0. The van der Waals surface area contributed by atoms with E-state index in [1.165, 1.54) is 77.9 Å². The maximum atomic E-state index is 5.59. The second-order valence-corrected chi connectivity index (χ2v) is 22.1. The predicted molar refractivity (Wildman–Crippen MR) is 337 cm³/mol. The molecule has 0 unspecified atom stereocenters. The average Bonchev–Trinajstić information content (AvgIpc) is 3.14. The maximum absolute atomic E-state index is 5.59. The summed E-state index contributed by atoms with van der Waals surface area (Å²) in [5.74, 6) is 0. The molecule has 0 atom stereocenters. The fourth-order valence-electron chi connectivity index (χ4n) is 14.9. The van der Waals surface area contributed by atoms with E-state index in [1.54, 1.807) is 0 Å². The smallest absolute Gasteiger partial charge is 0.101 e. The molecule has 3 heteroatoms. The van der Waals surface area contributed by atoms with Gasteiger partial charge in [-0.1, -0.05) is 273 Å². The first-order chi connectivity index (χ1) is 40.7. The molecule has 2 aromatic heterocycles. The van der Waals surface area contributed by atoms with Crippen molar-refractivity contribution in [3.63, 3.8) is 0 Å². The number of hydrogen-bond acceptors (Lipinski definition) is 2. The lowest BCUT2D eigenvalue weighted by Gasteiger charge is -2.35. The molecule has 0 amide bonds. The van der Waals surface area contributed by atoms with Crippen LogP contribution >= 0.6 is 0 Å². The highest BCUT2D eigenvalue weighted by Crippen LogP contribution is 2.64. The first-order valence-corrected chi connectivity index (χ1v) is 28.5.